The molecule has 1 fully saturated rings. The molecule has 31 heavy (non-hydrogen) atoms. The minimum atomic E-state index is -3.20. The molecule has 0 spiro atoms. The van der Waals surface area contributed by atoms with Gasteiger partial charge in [0.1, 0.15) is 5.82 Å². The summed E-state index contributed by atoms with van der Waals surface area (Å²) in [6, 6.07) is 9.98. The van der Waals surface area contributed by atoms with Crippen molar-refractivity contribution in [1.29, 1.82) is 0 Å². The van der Waals surface area contributed by atoms with Crippen LogP contribution in [0.25, 0.3) is 0 Å². The summed E-state index contributed by atoms with van der Waals surface area (Å²) < 4.78 is 28.2. The van der Waals surface area contributed by atoms with Crippen LogP contribution >= 0.6 is 0 Å². The van der Waals surface area contributed by atoms with E-state index in [1.807, 2.05) is 18.2 Å². The molecule has 3 heterocycles. The number of nitrogens with one attached hydrogen (secondary N) is 1. The van der Waals surface area contributed by atoms with Gasteiger partial charge in [-0.05, 0) is 31.7 Å². The average Bonchev–Trinajstić information content (AvgIpc) is 3.23. The van der Waals surface area contributed by atoms with Crippen molar-refractivity contribution >= 4 is 16.1 Å². The van der Waals surface area contributed by atoms with Gasteiger partial charge in [-0.15, -0.1) is 10.2 Å². The Labute approximate surface area is 183 Å². The molecule has 4 rings (SSSR count). The van der Waals surface area contributed by atoms with Crippen LogP contribution in [-0.2, 0) is 29.5 Å². The summed E-state index contributed by atoms with van der Waals surface area (Å²) in [5.41, 5.74) is 1.19. The van der Waals surface area contributed by atoms with Crippen LogP contribution in [0, 0.1) is 0 Å². The monoisotopic (exact) mass is 446 g/mol. The van der Waals surface area contributed by atoms with Gasteiger partial charge in [-0.25, -0.2) is 17.5 Å². The predicted molar refractivity (Wildman–Crippen MR) is 117 cm³/mol. The molecule has 1 N–H and O–H groups in total. The summed E-state index contributed by atoms with van der Waals surface area (Å²) in [4.78, 5) is 14.3. The number of carbonyl (C=O) groups is 1. The number of aromatic nitrogens is 3. The first-order valence-corrected chi connectivity index (χ1v) is 12.6. The molecule has 1 atom stereocenters. The number of fused-ring (bicyclic) bond motifs is 1. The van der Waals surface area contributed by atoms with Gasteiger partial charge in [-0.3, -0.25) is 0 Å². The Morgan fingerprint density at radius 2 is 1.97 bits per heavy atom. The fourth-order valence-corrected chi connectivity index (χ4v) is 5.49. The number of nitrogens with zero attached hydrogens (tertiary/aromatic N) is 5. The topological polar surface area (TPSA) is 100 Å². The normalized spacial score (nSPS) is 19.8. The number of amides is 2. The molecule has 0 saturated carbocycles. The van der Waals surface area contributed by atoms with Gasteiger partial charge in [-0.2, -0.15) is 0 Å². The number of piperidine rings is 1. The second kappa shape index (κ2) is 9.35. The molecule has 1 saturated heterocycles. The third-order valence-corrected chi connectivity index (χ3v) is 7.96. The van der Waals surface area contributed by atoms with Crippen LogP contribution in [0.3, 0.4) is 0 Å². The van der Waals surface area contributed by atoms with Crippen LogP contribution < -0.4 is 5.32 Å². The quantitative estimate of drug-likeness (QED) is 0.726. The predicted octanol–water partition coefficient (Wildman–Crippen LogP) is 1.58. The Morgan fingerprint density at radius 3 is 2.74 bits per heavy atom. The molecule has 2 aliphatic heterocycles. The van der Waals surface area contributed by atoms with E-state index in [1.54, 1.807) is 16.1 Å². The molecule has 1 unspecified atom stereocenters. The third-order valence-electron chi connectivity index (χ3n) is 6.11. The van der Waals surface area contributed by atoms with Crippen LogP contribution in [0.15, 0.2) is 30.3 Å². The second-order valence-electron chi connectivity index (χ2n) is 8.11. The highest BCUT2D eigenvalue weighted by Crippen LogP contribution is 2.29. The molecule has 0 radical (unpaired) electrons. The van der Waals surface area contributed by atoms with E-state index in [-0.39, 0.29) is 17.7 Å². The van der Waals surface area contributed by atoms with E-state index in [2.05, 4.69) is 32.2 Å². The highest BCUT2D eigenvalue weighted by Gasteiger charge is 2.33. The van der Waals surface area contributed by atoms with Crippen molar-refractivity contribution in [3.05, 3.63) is 47.5 Å². The molecule has 2 aliphatic rings. The summed E-state index contributed by atoms with van der Waals surface area (Å²) in [7, 11) is -3.20. The minimum absolute atomic E-state index is 0.0440. The van der Waals surface area contributed by atoms with Gasteiger partial charge >= 0.3 is 6.03 Å². The fraction of sp³-hybridized carbons (Fsp3) is 0.571. The highest BCUT2D eigenvalue weighted by molar-refractivity contribution is 7.89. The van der Waals surface area contributed by atoms with E-state index in [1.165, 1.54) is 5.56 Å². The van der Waals surface area contributed by atoms with Crippen molar-refractivity contribution in [2.24, 2.45) is 0 Å². The number of urea groups is 1. The van der Waals surface area contributed by atoms with Crippen molar-refractivity contribution in [3.8, 4) is 0 Å². The maximum Gasteiger partial charge on any atom is 0.317 e. The van der Waals surface area contributed by atoms with Crippen molar-refractivity contribution in [3.63, 3.8) is 0 Å². The Balaban J connectivity index is 1.35. The van der Waals surface area contributed by atoms with E-state index in [9.17, 15) is 13.2 Å². The van der Waals surface area contributed by atoms with Crippen LogP contribution in [0.2, 0.25) is 0 Å². The Kier molecular flexibility index (Phi) is 6.57. The zero-order chi connectivity index (χ0) is 21.8. The number of rotatable bonds is 6. The van der Waals surface area contributed by atoms with Gasteiger partial charge in [0.15, 0.2) is 5.82 Å². The lowest BCUT2D eigenvalue weighted by Gasteiger charge is -2.33. The zero-order valence-electron chi connectivity index (χ0n) is 17.9. The van der Waals surface area contributed by atoms with Crippen LogP contribution in [0.1, 0.15) is 42.9 Å². The fourth-order valence-electron chi connectivity index (χ4n) is 4.31. The number of carbonyl (C=O) groups excluding carboxylic acids is 1. The maximum atomic E-state index is 12.6. The lowest BCUT2D eigenvalue weighted by Crippen LogP contribution is -2.45. The summed E-state index contributed by atoms with van der Waals surface area (Å²) >= 11 is 0. The average molecular weight is 447 g/mol. The molecule has 2 amide bonds. The molecule has 0 bridgehead atoms. The first-order valence-electron chi connectivity index (χ1n) is 10.9. The molecular formula is C21H30N6O3S. The smallest absolute Gasteiger partial charge is 0.317 e. The van der Waals surface area contributed by atoms with E-state index in [0.717, 1.165) is 30.9 Å². The molecule has 1 aromatic heterocycles. The van der Waals surface area contributed by atoms with Gasteiger partial charge in [-0.1, -0.05) is 30.3 Å². The van der Waals surface area contributed by atoms with Crippen LogP contribution in [-0.4, -0.2) is 70.4 Å². The van der Waals surface area contributed by atoms with E-state index in [0.29, 0.717) is 39.3 Å². The van der Waals surface area contributed by atoms with Crippen molar-refractivity contribution in [2.45, 2.75) is 45.2 Å². The van der Waals surface area contributed by atoms with Crippen LogP contribution in [0.5, 0.6) is 0 Å². The molecule has 10 heteroatoms. The van der Waals surface area contributed by atoms with E-state index < -0.39 is 10.0 Å². The Bertz CT molecular complexity index is 1010. The van der Waals surface area contributed by atoms with Gasteiger partial charge in [0, 0.05) is 38.6 Å². The maximum absolute atomic E-state index is 12.6. The molecule has 168 valence electrons. The van der Waals surface area contributed by atoms with Gasteiger partial charge in [0.25, 0.3) is 0 Å². The first kappa shape index (κ1) is 21.8. The molecule has 9 nitrogen and oxygen atoms in total. The standard InChI is InChI=1S/C21H30N6O3S/c1-2-31(29,30)26-12-6-9-18(15-26)20-24-23-19-16-25(13-14-27(19)20)21(28)22-11-10-17-7-4-3-5-8-17/h3-5,7-8,18H,2,6,9-16H2,1H3,(H,22,28). The summed E-state index contributed by atoms with van der Waals surface area (Å²) in [6.45, 7) is 4.91. The largest absolute Gasteiger partial charge is 0.338 e. The van der Waals surface area contributed by atoms with Gasteiger partial charge < -0.3 is 14.8 Å². The van der Waals surface area contributed by atoms with Gasteiger partial charge in [0.05, 0.1) is 12.3 Å². The van der Waals surface area contributed by atoms with Crippen molar-refractivity contribution in [2.75, 3.05) is 31.9 Å². The Morgan fingerprint density at radius 1 is 1.16 bits per heavy atom. The summed E-state index contributed by atoms with van der Waals surface area (Å²) in [5, 5.41) is 11.7. The highest BCUT2D eigenvalue weighted by atomic mass is 32.2. The zero-order valence-corrected chi connectivity index (χ0v) is 18.7. The summed E-state index contributed by atoms with van der Waals surface area (Å²) in [6.07, 6.45) is 2.51. The lowest BCUT2D eigenvalue weighted by atomic mass is 9.98. The number of hydrogen-bond acceptors (Lipinski definition) is 5. The SMILES string of the molecule is CCS(=O)(=O)N1CCCC(c2nnc3n2CCN(C(=O)NCCc2ccccc2)C3)C1. The number of sulfonamides is 1. The molecular weight excluding hydrogens is 416 g/mol. The van der Waals surface area contributed by atoms with Crippen molar-refractivity contribution < 1.29 is 13.2 Å². The van der Waals surface area contributed by atoms with Crippen molar-refractivity contribution in [1.82, 2.24) is 29.3 Å². The van der Waals surface area contributed by atoms with E-state index in [4.69, 9.17) is 0 Å². The van der Waals surface area contributed by atoms with Gasteiger partial charge in [0.2, 0.25) is 10.0 Å². The van der Waals surface area contributed by atoms with E-state index >= 15 is 0 Å². The number of hydrogen-bond donors (Lipinski definition) is 1. The minimum Gasteiger partial charge on any atom is -0.338 e. The summed E-state index contributed by atoms with van der Waals surface area (Å²) in [5.74, 6) is 1.76. The number of benzene rings is 1. The molecule has 2 aromatic rings. The third kappa shape index (κ3) is 4.90. The second-order valence-corrected chi connectivity index (χ2v) is 10.4. The Hall–Kier alpha value is -2.46. The first-order chi connectivity index (χ1) is 15.0. The molecule has 0 aliphatic carbocycles. The molecule has 1 aromatic carbocycles. The van der Waals surface area contributed by atoms with Crippen LogP contribution in [0.4, 0.5) is 4.79 Å². The lowest BCUT2D eigenvalue weighted by molar-refractivity contribution is 0.181.